The second-order valence-electron chi connectivity index (χ2n) is 8.63. The highest BCUT2D eigenvalue weighted by Crippen LogP contribution is 2.28. The minimum absolute atomic E-state index is 0.294. The van der Waals surface area contributed by atoms with Gasteiger partial charge in [0.2, 0.25) is 0 Å². The smallest absolute Gasteiger partial charge is 0.120 e. The zero-order valence-corrected chi connectivity index (χ0v) is 18.0. The van der Waals surface area contributed by atoms with Crippen LogP contribution in [0.4, 0.5) is 0 Å². The number of rotatable bonds is 7. The van der Waals surface area contributed by atoms with Crippen molar-refractivity contribution < 1.29 is 14.6 Å². The van der Waals surface area contributed by atoms with Crippen LogP contribution in [0.5, 0.6) is 5.75 Å². The summed E-state index contributed by atoms with van der Waals surface area (Å²) in [4.78, 5) is 4.82. The predicted octanol–water partition coefficient (Wildman–Crippen LogP) is 2.29. The Morgan fingerprint density at radius 2 is 1.94 bits per heavy atom. The topological polar surface area (TPSA) is 73.9 Å². The average Bonchev–Trinajstić information content (AvgIpc) is 3.18. The molecule has 0 aliphatic carbocycles. The van der Waals surface area contributed by atoms with Crippen molar-refractivity contribution in [1.82, 2.24) is 20.0 Å². The Hall–Kier alpha value is -2.45. The zero-order valence-electron chi connectivity index (χ0n) is 18.0. The first-order chi connectivity index (χ1) is 15.2. The molecule has 1 unspecified atom stereocenters. The number of β-amino-alcohol motifs (C(OH)–C–C–N with tert-alkyl or cyclic N) is 1. The van der Waals surface area contributed by atoms with Gasteiger partial charge in [-0.25, -0.2) is 0 Å². The molecular weight excluding hydrogens is 392 g/mol. The Kier molecular flexibility index (Phi) is 5.91. The van der Waals surface area contributed by atoms with Crippen molar-refractivity contribution in [3.63, 3.8) is 0 Å². The summed E-state index contributed by atoms with van der Waals surface area (Å²) in [5.41, 5.74) is 3.29. The molecule has 5 rings (SSSR count). The first kappa shape index (κ1) is 20.5. The maximum atomic E-state index is 10.5. The minimum atomic E-state index is -0.505. The molecule has 2 N–H and O–H groups in total. The second-order valence-corrected chi connectivity index (χ2v) is 8.63. The number of nitrogens with one attached hydrogen (secondary N) is 1. The number of benzene rings is 2. The third-order valence-electron chi connectivity index (χ3n) is 6.41. The van der Waals surface area contributed by atoms with E-state index in [0.717, 1.165) is 72.7 Å². The molecule has 2 aliphatic heterocycles. The molecule has 0 amide bonds. The Labute approximate surface area is 182 Å². The molecule has 1 aromatic heterocycles. The molecular formula is C24H30N4O3. The molecule has 3 heterocycles. The molecule has 2 aromatic carbocycles. The van der Waals surface area contributed by atoms with Crippen molar-refractivity contribution >= 4 is 10.8 Å². The Morgan fingerprint density at radius 3 is 2.65 bits per heavy atom. The van der Waals surface area contributed by atoms with Gasteiger partial charge in [-0.05, 0) is 41.5 Å². The number of H-pyrrole nitrogens is 1. The average molecular weight is 423 g/mol. The van der Waals surface area contributed by atoms with E-state index in [1.54, 1.807) is 0 Å². The molecule has 0 spiro atoms. The normalized spacial score (nSPS) is 19.4. The van der Waals surface area contributed by atoms with Crippen molar-refractivity contribution in [2.24, 2.45) is 0 Å². The van der Waals surface area contributed by atoms with Gasteiger partial charge < -0.3 is 14.6 Å². The van der Waals surface area contributed by atoms with Gasteiger partial charge >= 0.3 is 0 Å². The van der Waals surface area contributed by atoms with Gasteiger partial charge in [-0.2, -0.15) is 5.10 Å². The van der Waals surface area contributed by atoms with Crippen molar-refractivity contribution in [3.8, 4) is 16.9 Å². The molecule has 2 fully saturated rings. The maximum Gasteiger partial charge on any atom is 0.120 e. The van der Waals surface area contributed by atoms with E-state index in [1.807, 2.05) is 25.3 Å². The van der Waals surface area contributed by atoms with Crippen molar-refractivity contribution in [1.29, 1.82) is 0 Å². The number of fused-ring (bicyclic) bond motifs is 1. The number of aromatic nitrogens is 2. The number of aliphatic hydroxyl groups excluding tert-OH is 1. The van der Waals surface area contributed by atoms with Crippen LogP contribution >= 0.6 is 0 Å². The Bertz CT molecular complexity index is 1020. The van der Waals surface area contributed by atoms with Crippen LogP contribution in [0.1, 0.15) is 5.69 Å². The van der Waals surface area contributed by atoms with Crippen molar-refractivity contribution in [2.45, 2.75) is 19.1 Å². The van der Waals surface area contributed by atoms with Crippen LogP contribution in [0.3, 0.4) is 0 Å². The number of aromatic amines is 1. The third-order valence-corrected chi connectivity index (χ3v) is 6.41. The number of piperazine rings is 1. The van der Waals surface area contributed by atoms with Crippen molar-refractivity contribution in [3.05, 3.63) is 48.3 Å². The van der Waals surface area contributed by atoms with E-state index < -0.39 is 6.10 Å². The second kappa shape index (κ2) is 8.96. The van der Waals surface area contributed by atoms with Crippen LogP contribution in [0.25, 0.3) is 21.9 Å². The van der Waals surface area contributed by atoms with Gasteiger partial charge in [-0.3, -0.25) is 14.9 Å². The van der Waals surface area contributed by atoms with Gasteiger partial charge in [-0.1, -0.05) is 18.2 Å². The first-order valence-corrected chi connectivity index (χ1v) is 11.0. The largest absolute Gasteiger partial charge is 0.491 e. The van der Waals surface area contributed by atoms with Gasteiger partial charge in [0.05, 0.1) is 25.5 Å². The van der Waals surface area contributed by atoms with Gasteiger partial charge in [0.15, 0.2) is 0 Å². The number of aryl methyl sites for hydroxylation is 1. The molecule has 1 atom stereocenters. The summed E-state index contributed by atoms with van der Waals surface area (Å²) in [6, 6.07) is 13.1. The monoisotopic (exact) mass is 422 g/mol. The molecule has 2 aliphatic rings. The molecule has 31 heavy (non-hydrogen) atoms. The first-order valence-electron chi connectivity index (χ1n) is 11.0. The van der Waals surface area contributed by atoms with Crippen LogP contribution < -0.4 is 4.74 Å². The summed E-state index contributed by atoms with van der Waals surface area (Å²) in [7, 11) is 0. The fourth-order valence-corrected chi connectivity index (χ4v) is 4.41. The third kappa shape index (κ3) is 4.60. The van der Waals surface area contributed by atoms with E-state index in [-0.39, 0.29) is 0 Å². The molecule has 7 heteroatoms. The summed E-state index contributed by atoms with van der Waals surface area (Å²) in [6.07, 6.45) is 1.35. The summed E-state index contributed by atoms with van der Waals surface area (Å²) < 4.78 is 11.2. The van der Waals surface area contributed by atoms with E-state index >= 15 is 0 Å². The predicted molar refractivity (Wildman–Crippen MR) is 120 cm³/mol. The number of hydrogen-bond acceptors (Lipinski definition) is 6. The number of ether oxygens (including phenoxy) is 2. The highest BCUT2D eigenvalue weighted by molar-refractivity contribution is 5.88. The fraction of sp³-hybridized carbons (Fsp3) is 0.458. The maximum absolute atomic E-state index is 10.5. The van der Waals surface area contributed by atoms with E-state index in [2.05, 4.69) is 44.3 Å². The zero-order chi connectivity index (χ0) is 21.2. The molecule has 3 aromatic rings. The van der Waals surface area contributed by atoms with Crippen LogP contribution in [-0.2, 0) is 4.74 Å². The summed E-state index contributed by atoms with van der Waals surface area (Å²) in [5, 5.41) is 19.9. The lowest BCUT2D eigenvalue weighted by Gasteiger charge is -2.42. The van der Waals surface area contributed by atoms with E-state index in [4.69, 9.17) is 9.47 Å². The highest BCUT2D eigenvalue weighted by atomic mass is 16.5. The Balaban J connectivity index is 1.16. The number of hydrogen-bond donors (Lipinski definition) is 2. The standard InChI is InChI=1S/C24H30N4O3/c1-17-24(12-25-26-17)19-3-2-18-4-5-23(11-20(18)10-19)31-16-22(29)13-27-6-8-28(9-7-27)21-14-30-15-21/h2-5,10-12,21-22,29H,6-9,13-16H2,1H3,(H,25,26). The van der Waals surface area contributed by atoms with Gasteiger partial charge in [-0.15, -0.1) is 0 Å². The number of nitrogens with zero attached hydrogens (tertiary/aromatic N) is 3. The van der Waals surface area contributed by atoms with Gasteiger partial charge in [0.25, 0.3) is 0 Å². The molecule has 0 radical (unpaired) electrons. The van der Waals surface area contributed by atoms with E-state index in [1.165, 1.54) is 0 Å². The molecule has 164 valence electrons. The summed E-state index contributed by atoms with van der Waals surface area (Å²) in [6.45, 7) is 8.76. The molecule has 0 bridgehead atoms. The van der Waals surface area contributed by atoms with Crippen LogP contribution in [0, 0.1) is 6.92 Å². The van der Waals surface area contributed by atoms with Crippen LogP contribution in [0.2, 0.25) is 0 Å². The van der Waals surface area contributed by atoms with Crippen LogP contribution in [-0.4, -0.2) is 89.8 Å². The van der Waals surface area contributed by atoms with Crippen LogP contribution in [0.15, 0.2) is 42.6 Å². The summed E-state index contributed by atoms with van der Waals surface area (Å²) in [5.74, 6) is 0.780. The quantitative estimate of drug-likeness (QED) is 0.609. The number of aliphatic hydroxyl groups is 1. The SMILES string of the molecule is Cc1[nH]ncc1-c1ccc2ccc(OCC(O)CN3CCN(C4COC4)CC3)cc2c1. The fourth-order valence-electron chi connectivity index (χ4n) is 4.41. The lowest BCUT2D eigenvalue weighted by atomic mass is 10.0. The van der Waals surface area contributed by atoms with E-state index in [0.29, 0.717) is 19.2 Å². The lowest BCUT2D eigenvalue weighted by molar-refractivity contribution is -0.0793. The lowest BCUT2D eigenvalue weighted by Crippen LogP contribution is -2.57. The Morgan fingerprint density at radius 1 is 1.13 bits per heavy atom. The van der Waals surface area contributed by atoms with Gasteiger partial charge in [0, 0.05) is 44.0 Å². The molecule has 0 saturated carbocycles. The minimum Gasteiger partial charge on any atom is -0.491 e. The van der Waals surface area contributed by atoms with Crippen molar-refractivity contribution in [2.75, 3.05) is 52.5 Å². The highest BCUT2D eigenvalue weighted by Gasteiger charge is 2.29. The molecule has 2 saturated heterocycles. The molecule has 7 nitrogen and oxygen atoms in total. The van der Waals surface area contributed by atoms with E-state index in [9.17, 15) is 5.11 Å². The summed E-state index contributed by atoms with van der Waals surface area (Å²) >= 11 is 0. The van der Waals surface area contributed by atoms with Gasteiger partial charge in [0.1, 0.15) is 18.5 Å².